The molecule has 0 bridgehead atoms. The molecular weight excluding hydrogens is 441 g/mol. The van der Waals surface area contributed by atoms with Crippen LogP contribution < -0.4 is 10.2 Å². The highest BCUT2D eigenvalue weighted by Gasteiger charge is 2.35. The molecule has 0 saturated heterocycles. The van der Waals surface area contributed by atoms with Crippen LogP contribution in [-0.2, 0) is 20.5 Å². The number of nitrogens with one attached hydrogen (secondary N) is 1. The van der Waals surface area contributed by atoms with E-state index in [1.54, 1.807) is 32.3 Å². The molecule has 11 heteroatoms. The Bertz CT molecular complexity index is 1100. The molecule has 1 aliphatic rings. The molecule has 1 amide bonds. The summed E-state index contributed by atoms with van der Waals surface area (Å²) >= 11 is 0. The van der Waals surface area contributed by atoms with Crippen molar-refractivity contribution in [2.75, 3.05) is 51.1 Å². The number of aromatic nitrogens is 1. The molecule has 0 saturated carbocycles. The number of carbonyl (C=O) groups excluding carboxylic acids is 2. The van der Waals surface area contributed by atoms with Crippen LogP contribution in [0.2, 0.25) is 0 Å². The number of ether oxygens (including phenoxy) is 1. The number of anilines is 2. The van der Waals surface area contributed by atoms with Crippen LogP contribution in [0.4, 0.5) is 24.7 Å². The van der Waals surface area contributed by atoms with E-state index >= 15 is 0 Å². The molecule has 0 fully saturated rings. The first-order valence-corrected chi connectivity index (χ1v) is 9.90. The lowest BCUT2D eigenvalue weighted by molar-refractivity contribution is -0.138. The number of aliphatic hydroxyl groups is 1. The molecule has 8 nitrogen and oxygen atoms in total. The fraction of sp³-hybridized carbons (Fsp3) is 0.318. The van der Waals surface area contributed by atoms with Crippen LogP contribution >= 0.6 is 0 Å². The average molecular weight is 464 g/mol. The van der Waals surface area contributed by atoms with Crippen LogP contribution in [0.5, 0.6) is 0 Å². The summed E-state index contributed by atoms with van der Waals surface area (Å²) in [6.45, 7) is -0.278. The van der Waals surface area contributed by atoms with E-state index in [4.69, 9.17) is 9.84 Å². The van der Waals surface area contributed by atoms with E-state index in [1.165, 1.54) is 23.0 Å². The third kappa shape index (κ3) is 5.25. The summed E-state index contributed by atoms with van der Waals surface area (Å²) < 4.78 is 45.0. The highest BCUT2D eigenvalue weighted by molar-refractivity contribution is 6.08. The predicted molar refractivity (Wildman–Crippen MR) is 115 cm³/mol. The topological polar surface area (TPSA) is 95.0 Å². The number of aliphatic hydroxyl groups excluding tert-OH is 1. The van der Waals surface area contributed by atoms with Gasteiger partial charge < -0.3 is 25.0 Å². The van der Waals surface area contributed by atoms with E-state index in [2.05, 4.69) is 10.3 Å². The van der Waals surface area contributed by atoms with E-state index in [9.17, 15) is 22.8 Å². The zero-order chi connectivity index (χ0) is 24.3. The van der Waals surface area contributed by atoms with Gasteiger partial charge in [-0.3, -0.25) is 4.79 Å². The maximum Gasteiger partial charge on any atom is 0.416 e. The van der Waals surface area contributed by atoms with Gasteiger partial charge in [-0.1, -0.05) is 12.1 Å². The number of amides is 1. The van der Waals surface area contributed by atoms with Crippen LogP contribution in [0.15, 0.2) is 47.7 Å². The Hall–Kier alpha value is -3.60. The number of hydrogen-bond acceptors (Lipinski definition) is 7. The molecule has 0 aliphatic carbocycles. The fourth-order valence-electron chi connectivity index (χ4n) is 3.31. The smallest absolute Gasteiger partial charge is 0.416 e. The first-order chi connectivity index (χ1) is 15.5. The number of rotatable bonds is 7. The Morgan fingerprint density at radius 1 is 1.27 bits per heavy atom. The minimum atomic E-state index is -4.55. The van der Waals surface area contributed by atoms with Gasteiger partial charge in [0.2, 0.25) is 0 Å². The number of benzene rings is 1. The van der Waals surface area contributed by atoms with E-state index in [-0.39, 0.29) is 42.5 Å². The third-order valence-corrected chi connectivity index (χ3v) is 4.98. The Labute approximate surface area is 188 Å². The van der Waals surface area contributed by atoms with Crippen molar-refractivity contribution in [2.45, 2.75) is 6.18 Å². The van der Waals surface area contributed by atoms with E-state index in [0.717, 1.165) is 12.1 Å². The normalized spacial score (nSPS) is 14.0. The van der Waals surface area contributed by atoms with Gasteiger partial charge in [-0.2, -0.15) is 13.2 Å². The Kier molecular flexibility index (Phi) is 6.92. The molecular formula is C22H23F3N4O4. The summed E-state index contributed by atoms with van der Waals surface area (Å²) in [6.07, 6.45) is -4.55. The lowest BCUT2D eigenvalue weighted by Gasteiger charge is -2.17. The number of β-amino-alcohol motifs (C(OH)–C–C–N with tert-alkyl or cyclic N) is 1. The summed E-state index contributed by atoms with van der Waals surface area (Å²) in [5.74, 6) is -1.06. The Balaban J connectivity index is 2.00. The van der Waals surface area contributed by atoms with Crippen molar-refractivity contribution in [1.29, 1.82) is 0 Å². The average Bonchev–Trinajstić information content (AvgIpc) is 3.08. The molecule has 0 radical (unpaired) electrons. The van der Waals surface area contributed by atoms with E-state index in [0.29, 0.717) is 11.3 Å². The van der Waals surface area contributed by atoms with Crippen molar-refractivity contribution >= 4 is 23.4 Å². The second kappa shape index (κ2) is 9.49. The van der Waals surface area contributed by atoms with Crippen molar-refractivity contribution in [3.63, 3.8) is 0 Å². The molecule has 2 aromatic rings. The van der Waals surface area contributed by atoms with Gasteiger partial charge in [0, 0.05) is 31.9 Å². The van der Waals surface area contributed by atoms with Gasteiger partial charge in [-0.25, -0.2) is 9.78 Å². The number of halogens is 3. The zero-order valence-electron chi connectivity index (χ0n) is 18.2. The van der Waals surface area contributed by atoms with Gasteiger partial charge in [0.05, 0.1) is 37.1 Å². The quantitative estimate of drug-likeness (QED) is 0.608. The maximum atomic E-state index is 13.4. The predicted octanol–water partition coefficient (Wildman–Crippen LogP) is 2.51. The molecule has 176 valence electrons. The van der Waals surface area contributed by atoms with Crippen molar-refractivity contribution in [2.24, 2.45) is 0 Å². The molecule has 33 heavy (non-hydrogen) atoms. The second-order valence-electron chi connectivity index (χ2n) is 7.49. The van der Waals surface area contributed by atoms with Crippen molar-refractivity contribution < 1.29 is 32.6 Å². The summed E-state index contributed by atoms with van der Waals surface area (Å²) in [5.41, 5.74) is 0.0857. The molecule has 2 heterocycles. The molecule has 1 aromatic carbocycles. The minimum Gasteiger partial charge on any atom is -0.466 e. The number of pyridine rings is 1. The van der Waals surface area contributed by atoms with Gasteiger partial charge in [0.25, 0.3) is 5.91 Å². The van der Waals surface area contributed by atoms with Gasteiger partial charge in [0.15, 0.2) is 0 Å². The number of hydrogen-bond donors (Lipinski definition) is 2. The standard InChI is InChI=1S/C22H23F3N4O4/c1-28(2)18-11-14(22(23,24)25)10-17(27-18)13-5-4-6-15(9-13)26-19-16(21(32)33-3)12-29(7-8-30)20(19)31/h4-6,9-11,26,30H,7-8,12H2,1-3H3. The first kappa shape index (κ1) is 24.1. The van der Waals surface area contributed by atoms with Gasteiger partial charge in [-0.15, -0.1) is 0 Å². The zero-order valence-corrected chi connectivity index (χ0v) is 18.2. The van der Waals surface area contributed by atoms with Crippen molar-refractivity contribution in [1.82, 2.24) is 9.88 Å². The second-order valence-corrected chi connectivity index (χ2v) is 7.49. The van der Waals surface area contributed by atoms with Crippen LogP contribution in [0.25, 0.3) is 11.3 Å². The Morgan fingerprint density at radius 3 is 2.61 bits per heavy atom. The van der Waals surface area contributed by atoms with Crippen LogP contribution in [-0.4, -0.2) is 67.8 Å². The number of methoxy groups -OCH3 is 1. The SMILES string of the molecule is COC(=O)C1=C(Nc2cccc(-c3cc(C(F)(F)F)cc(N(C)C)n3)c2)C(=O)N(CCO)C1. The molecule has 0 unspecified atom stereocenters. The first-order valence-electron chi connectivity index (χ1n) is 9.90. The van der Waals surface area contributed by atoms with Gasteiger partial charge in [0.1, 0.15) is 11.5 Å². The highest BCUT2D eigenvalue weighted by Crippen LogP contribution is 2.34. The summed E-state index contributed by atoms with van der Waals surface area (Å²) in [5, 5.41) is 12.0. The minimum absolute atomic E-state index is 0.0153. The maximum absolute atomic E-state index is 13.4. The lowest BCUT2D eigenvalue weighted by atomic mass is 10.1. The molecule has 1 aliphatic heterocycles. The summed E-state index contributed by atoms with van der Waals surface area (Å²) in [6, 6.07) is 8.25. The fourth-order valence-corrected chi connectivity index (χ4v) is 3.31. The van der Waals surface area contributed by atoms with Gasteiger partial charge in [-0.05, 0) is 24.3 Å². The monoisotopic (exact) mass is 464 g/mol. The van der Waals surface area contributed by atoms with Crippen molar-refractivity contribution in [3.8, 4) is 11.3 Å². The summed E-state index contributed by atoms with van der Waals surface area (Å²) in [4.78, 5) is 31.9. The molecule has 0 atom stereocenters. The number of nitrogens with zero attached hydrogens (tertiary/aromatic N) is 3. The van der Waals surface area contributed by atoms with Crippen LogP contribution in [0, 0.1) is 0 Å². The highest BCUT2D eigenvalue weighted by atomic mass is 19.4. The third-order valence-electron chi connectivity index (χ3n) is 4.98. The largest absolute Gasteiger partial charge is 0.466 e. The molecule has 3 rings (SSSR count). The summed E-state index contributed by atoms with van der Waals surface area (Å²) in [7, 11) is 4.37. The Morgan fingerprint density at radius 2 is 2.00 bits per heavy atom. The number of alkyl halides is 3. The number of carbonyl (C=O) groups is 2. The van der Waals surface area contributed by atoms with Crippen LogP contribution in [0.1, 0.15) is 5.56 Å². The molecule has 1 aromatic heterocycles. The van der Waals surface area contributed by atoms with E-state index < -0.39 is 23.6 Å². The van der Waals surface area contributed by atoms with Crippen LogP contribution in [0.3, 0.4) is 0 Å². The number of esters is 1. The molecule has 0 spiro atoms. The lowest BCUT2D eigenvalue weighted by Crippen LogP contribution is -2.31. The van der Waals surface area contributed by atoms with Crippen molar-refractivity contribution in [3.05, 3.63) is 53.2 Å². The molecule has 2 N–H and O–H groups in total. The van der Waals surface area contributed by atoms with E-state index in [1.807, 2.05) is 0 Å². The van der Waals surface area contributed by atoms with Gasteiger partial charge >= 0.3 is 12.1 Å².